The summed E-state index contributed by atoms with van der Waals surface area (Å²) in [6.07, 6.45) is 3.80. The van der Waals surface area contributed by atoms with Crippen LogP contribution < -0.4 is 5.32 Å². The highest BCUT2D eigenvalue weighted by Gasteiger charge is 2.07. The Kier molecular flexibility index (Phi) is 4.64. The first-order chi connectivity index (χ1) is 8.70. The molecule has 0 aliphatic heterocycles. The van der Waals surface area contributed by atoms with Crippen molar-refractivity contribution in [1.82, 2.24) is 9.55 Å². The summed E-state index contributed by atoms with van der Waals surface area (Å²) < 4.78 is 2.11. The van der Waals surface area contributed by atoms with Gasteiger partial charge in [-0.2, -0.15) is 0 Å². The van der Waals surface area contributed by atoms with Crippen molar-refractivity contribution in [1.29, 1.82) is 0 Å². The van der Waals surface area contributed by atoms with E-state index in [1.54, 1.807) is 6.07 Å². The molecule has 0 bridgehead atoms. The SMILES string of the molecule is CC[NH2+]Cc1nccn1Cc1ccc(Cl)cc1Cl. The quantitative estimate of drug-likeness (QED) is 0.899. The smallest absolute Gasteiger partial charge is 0.164 e. The Hall–Kier alpha value is -1.03. The fourth-order valence-electron chi connectivity index (χ4n) is 1.78. The first-order valence-corrected chi connectivity index (χ1v) is 6.72. The van der Waals surface area contributed by atoms with E-state index >= 15 is 0 Å². The third-order valence-corrected chi connectivity index (χ3v) is 3.36. The Morgan fingerprint density at radius 1 is 1.33 bits per heavy atom. The topological polar surface area (TPSA) is 34.4 Å². The summed E-state index contributed by atoms with van der Waals surface area (Å²) in [5.74, 6) is 1.06. The largest absolute Gasteiger partial charge is 0.340 e. The molecule has 0 radical (unpaired) electrons. The number of imidazole rings is 1. The molecule has 0 spiro atoms. The van der Waals surface area contributed by atoms with Crippen LogP contribution in [0.15, 0.2) is 30.6 Å². The van der Waals surface area contributed by atoms with Crippen LogP contribution in [-0.4, -0.2) is 16.1 Å². The number of hydrogen-bond acceptors (Lipinski definition) is 1. The minimum Gasteiger partial charge on any atom is -0.340 e. The average molecular weight is 285 g/mol. The highest BCUT2D eigenvalue weighted by molar-refractivity contribution is 6.35. The van der Waals surface area contributed by atoms with Crippen LogP contribution in [0, 0.1) is 0 Å². The van der Waals surface area contributed by atoms with Gasteiger partial charge in [0.15, 0.2) is 5.82 Å². The number of quaternary nitrogens is 1. The summed E-state index contributed by atoms with van der Waals surface area (Å²) in [7, 11) is 0. The molecule has 3 nitrogen and oxygen atoms in total. The first kappa shape index (κ1) is 13.4. The van der Waals surface area contributed by atoms with Crippen molar-refractivity contribution < 1.29 is 5.32 Å². The van der Waals surface area contributed by atoms with Crippen molar-refractivity contribution in [2.45, 2.75) is 20.0 Å². The standard InChI is InChI=1S/C13H15Cl2N3/c1-2-16-8-13-17-5-6-18(13)9-10-3-4-11(14)7-12(10)15/h3-7,16H,2,8-9H2,1H3/p+1. The number of nitrogens with zero attached hydrogens (tertiary/aromatic N) is 2. The summed E-state index contributed by atoms with van der Waals surface area (Å²) in [6, 6.07) is 5.59. The predicted octanol–water partition coefficient (Wildman–Crippen LogP) is 2.32. The minimum atomic E-state index is 0.661. The highest BCUT2D eigenvalue weighted by atomic mass is 35.5. The lowest BCUT2D eigenvalue weighted by molar-refractivity contribution is -0.668. The van der Waals surface area contributed by atoms with E-state index in [-0.39, 0.29) is 0 Å². The van der Waals surface area contributed by atoms with Crippen molar-refractivity contribution in [2.24, 2.45) is 0 Å². The zero-order valence-corrected chi connectivity index (χ0v) is 11.7. The van der Waals surface area contributed by atoms with E-state index in [1.165, 1.54) is 0 Å². The van der Waals surface area contributed by atoms with Crippen LogP contribution in [0.2, 0.25) is 10.0 Å². The maximum absolute atomic E-state index is 6.18. The number of aromatic nitrogens is 2. The van der Waals surface area contributed by atoms with Crippen molar-refractivity contribution in [3.05, 3.63) is 52.0 Å². The fourth-order valence-corrected chi connectivity index (χ4v) is 2.25. The van der Waals surface area contributed by atoms with Crippen LogP contribution in [0.3, 0.4) is 0 Å². The van der Waals surface area contributed by atoms with E-state index in [0.29, 0.717) is 10.0 Å². The molecule has 1 heterocycles. The number of benzene rings is 1. The molecule has 0 amide bonds. The lowest BCUT2D eigenvalue weighted by Gasteiger charge is -2.08. The van der Waals surface area contributed by atoms with Gasteiger partial charge in [-0.3, -0.25) is 0 Å². The number of halogens is 2. The molecule has 0 aliphatic rings. The van der Waals surface area contributed by atoms with E-state index in [2.05, 4.69) is 21.8 Å². The normalized spacial score (nSPS) is 10.8. The molecule has 5 heteroatoms. The predicted molar refractivity (Wildman–Crippen MR) is 74.0 cm³/mol. The van der Waals surface area contributed by atoms with Crippen LogP contribution in [0.1, 0.15) is 18.3 Å². The van der Waals surface area contributed by atoms with Gasteiger partial charge >= 0.3 is 0 Å². The van der Waals surface area contributed by atoms with E-state index in [0.717, 1.165) is 31.0 Å². The molecule has 2 rings (SSSR count). The van der Waals surface area contributed by atoms with E-state index in [9.17, 15) is 0 Å². The van der Waals surface area contributed by atoms with Crippen LogP contribution in [0.5, 0.6) is 0 Å². The Balaban J connectivity index is 2.15. The maximum Gasteiger partial charge on any atom is 0.164 e. The fraction of sp³-hybridized carbons (Fsp3) is 0.308. The second-order valence-corrected chi connectivity index (χ2v) is 4.95. The third kappa shape index (κ3) is 3.25. The van der Waals surface area contributed by atoms with E-state index in [1.807, 2.05) is 24.5 Å². The molecule has 0 atom stereocenters. The lowest BCUT2D eigenvalue weighted by Crippen LogP contribution is -2.82. The summed E-state index contributed by atoms with van der Waals surface area (Å²) in [5.41, 5.74) is 1.05. The second kappa shape index (κ2) is 6.23. The Morgan fingerprint density at radius 2 is 2.17 bits per heavy atom. The number of hydrogen-bond donors (Lipinski definition) is 1. The van der Waals surface area contributed by atoms with Crippen molar-refractivity contribution in [3.63, 3.8) is 0 Å². The van der Waals surface area contributed by atoms with Crippen molar-refractivity contribution in [2.75, 3.05) is 6.54 Å². The van der Waals surface area contributed by atoms with E-state index in [4.69, 9.17) is 23.2 Å². The molecular formula is C13H16Cl2N3+. The zero-order valence-electron chi connectivity index (χ0n) is 10.2. The lowest BCUT2D eigenvalue weighted by atomic mass is 10.2. The Morgan fingerprint density at radius 3 is 2.89 bits per heavy atom. The molecule has 0 fully saturated rings. The van der Waals surface area contributed by atoms with Gasteiger partial charge in [-0.25, -0.2) is 4.98 Å². The molecule has 2 aromatic rings. The first-order valence-electron chi connectivity index (χ1n) is 5.96. The molecule has 0 saturated carbocycles. The molecule has 2 N–H and O–H groups in total. The molecule has 1 aromatic heterocycles. The highest BCUT2D eigenvalue weighted by Crippen LogP contribution is 2.22. The number of rotatable bonds is 5. The van der Waals surface area contributed by atoms with Crippen LogP contribution in [0.4, 0.5) is 0 Å². The monoisotopic (exact) mass is 284 g/mol. The summed E-state index contributed by atoms with van der Waals surface area (Å²) >= 11 is 12.1. The van der Waals surface area contributed by atoms with Gasteiger partial charge in [0.1, 0.15) is 6.54 Å². The van der Waals surface area contributed by atoms with Crippen molar-refractivity contribution in [3.8, 4) is 0 Å². The molecule has 1 aromatic carbocycles. The van der Waals surface area contributed by atoms with E-state index < -0.39 is 0 Å². The van der Waals surface area contributed by atoms with Gasteiger partial charge in [0.2, 0.25) is 0 Å². The third-order valence-electron chi connectivity index (χ3n) is 2.77. The second-order valence-electron chi connectivity index (χ2n) is 4.11. The van der Waals surface area contributed by atoms with Gasteiger partial charge < -0.3 is 9.88 Å². The Labute approximate surface area is 117 Å². The van der Waals surface area contributed by atoms with Crippen LogP contribution in [0.25, 0.3) is 0 Å². The van der Waals surface area contributed by atoms with Gasteiger partial charge in [0.05, 0.1) is 13.1 Å². The van der Waals surface area contributed by atoms with Gasteiger partial charge in [-0.05, 0) is 24.6 Å². The van der Waals surface area contributed by atoms with Gasteiger partial charge in [-0.1, -0.05) is 29.3 Å². The molecule has 96 valence electrons. The molecule has 0 unspecified atom stereocenters. The number of nitrogens with two attached hydrogens (primary N) is 1. The Bertz CT molecular complexity index is 523. The van der Waals surface area contributed by atoms with Crippen molar-refractivity contribution >= 4 is 23.2 Å². The van der Waals surface area contributed by atoms with Gasteiger partial charge in [0, 0.05) is 22.4 Å². The summed E-state index contributed by atoms with van der Waals surface area (Å²) in [4.78, 5) is 4.36. The van der Waals surface area contributed by atoms with Crippen LogP contribution >= 0.6 is 23.2 Å². The van der Waals surface area contributed by atoms with Crippen LogP contribution in [-0.2, 0) is 13.1 Å². The van der Waals surface area contributed by atoms with Gasteiger partial charge in [-0.15, -0.1) is 0 Å². The summed E-state index contributed by atoms with van der Waals surface area (Å²) in [6.45, 7) is 4.79. The van der Waals surface area contributed by atoms with Gasteiger partial charge in [0.25, 0.3) is 0 Å². The minimum absolute atomic E-state index is 0.661. The maximum atomic E-state index is 6.18. The molecule has 0 aliphatic carbocycles. The zero-order chi connectivity index (χ0) is 13.0. The average Bonchev–Trinajstić information content (AvgIpc) is 2.77. The molecule has 0 saturated heterocycles. The molecule has 18 heavy (non-hydrogen) atoms. The molecular weight excluding hydrogens is 269 g/mol. The summed E-state index contributed by atoms with van der Waals surface area (Å²) in [5, 5.41) is 3.57.